The summed E-state index contributed by atoms with van der Waals surface area (Å²) in [5.74, 6) is 1.12. The number of amides is 1. The van der Waals surface area contributed by atoms with Crippen molar-refractivity contribution in [2.24, 2.45) is 5.92 Å². The Morgan fingerprint density at radius 3 is 2.56 bits per heavy atom. The van der Waals surface area contributed by atoms with Crippen molar-refractivity contribution in [2.75, 3.05) is 18.0 Å². The van der Waals surface area contributed by atoms with Crippen LogP contribution in [0.3, 0.4) is 0 Å². The number of carbonyl (C=O) groups excluding carboxylic acids is 1. The van der Waals surface area contributed by atoms with Crippen molar-refractivity contribution in [1.29, 1.82) is 0 Å². The van der Waals surface area contributed by atoms with Gasteiger partial charge in [-0.2, -0.15) is 5.10 Å². The molecular formula is C26H27N5O. The predicted molar refractivity (Wildman–Crippen MR) is 126 cm³/mol. The number of nitrogens with one attached hydrogen (secondary N) is 1. The van der Waals surface area contributed by atoms with E-state index in [1.165, 1.54) is 5.56 Å². The first-order valence-electron chi connectivity index (χ1n) is 11.2. The van der Waals surface area contributed by atoms with Crippen LogP contribution in [0.5, 0.6) is 0 Å². The van der Waals surface area contributed by atoms with Gasteiger partial charge in [0, 0.05) is 43.5 Å². The van der Waals surface area contributed by atoms with Crippen molar-refractivity contribution in [1.82, 2.24) is 19.9 Å². The first-order valence-corrected chi connectivity index (χ1v) is 11.2. The molecule has 1 N–H and O–H groups in total. The summed E-state index contributed by atoms with van der Waals surface area (Å²) in [5, 5.41) is 7.83. The van der Waals surface area contributed by atoms with Crippen molar-refractivity contribution >= 4 is 17.2 Å². The minimum absolute atomic E-state index is 0.0428. The van der Waals surface area contributed by atoms with Crippen LogP contribution in [-0.4, -0.2) is 33.6 Å². The number of hydrogen-bond donors (Lipinski definition) is 1. The lowest BCUT2D eigenvalue weighted by Crippen LogP contribution is -2.40. The van der Waals surface area contributed by atoms with Crippen LogP contribution >= 0.6 is 0 Å². The molecule has 0 unspecified atom stereocenters. The van der Waals surface area contributed by atoms with Gasteiger partial charge in [-0.05, 0) is 31.4 Å². The predicted octanol–water partition coefficient (Wildman–Crippen LogP) is 4.24. The van der Waals surface area contributed by atoms with Crippen LogP contribution in [0.25, 0.3) is 16.8 Å². The number of carbonyl (C=O) groups is 1. The average Bonchev–Trinajstić information content (AvgIpc) is 3.29. The highest BCUT2D eigenvalue weighted by molar-refractivity contribution is 5.79. The maximum atomic E-state index is 12.7. The third kappa shape index (κ3) is 4.21. The van der Waals surface area contributed by atoms with Crippen molar-refractivity contribution in [3.63, 3.8) is 0 Å². The molecule has 2 aromatic heterocycles. The summed E-state index contributed by atoms with van der Waals surface area (Å²) < 4.78 is 1.89. The van der Waals surface area contributed by atoms with Crippen LogP contribution < -0.4 is 10.2 Å². The van der Waals surface area contributed by atoms with Gasteiger partial charge in [0.2, 0.25) is 5.91 Å². The third-order valence-electron chi connectivity index (χ3n) is 6.19. The average molecular weight is 426 g/mol. The van der Waals surface area contributed by atoms with E-state index in [0.717, 1.165) is 54.1 Å². The van der Waals surface area contributed by atoms with Gasteiger partial charge in [-0.25, -0.2) is 9.50 Å². The smallest absolute Gasteiger partial charge is 0.223 e. The fraction of sp³-hybridized carbons (Fsp3) is 0.269. The van der Waals surface area contributed by atoms with Crippen LogP contribution in [0, 0.1) is 12.8 Å². The van der Waals surface area contributed by atoms with E-state index < -0.39 is 0 Å². The van der Waals surface area contributed by atoms with Gasteiger partial charge < -0.3 is 10.2 Å². The van der Waals surface area contributed by atoms with E-state index in [1.807, 2.05) is 28.9 Å². The van der Waals surface area contributed by atoms with Gasteiger partial charge in [-0.3, -0.25) is 4.79 Å². The SMILES string of the molecule is Cc1ccc(CNC(=O)C2CCN(c3nccn4nc(-c5ccccc5)cc34)CC2)cc1. The van der Waals surface area contributed by atoms with Crippen LogP contribution in [0.2, 0.25) is 0 Å². The first kappa shape index (κ1) is 20.2. The zero-order valence-electron chi connectivity index (χ0n) is 18.2. The van der Waals surface area contributed by atoms with Gasteiger partial charge in [0.1, 0.15) is 5.52 Å². The topological polar surface area (TPSA) is 62.5 Å². The molecule has 0 spiro atoms. The van der Waals surface area contributed by atoms with Gasteiger partial charge in [0.05, 0.1) is 5.69 Å². The molecule has 3 heterocycles. The van der Waals surface area contributed by atoms with E-state index in [0.29, 0.717) is 6.54 Å². The zero-order chi connectivity index (χ0) is 21.9. The molecule has 0 saturated carbocycles. The molecule has 1 aliphatic heterocycles. The van der Waals surface area contributed by atoms with Crippen molar-refractivity contribution in [3.8, 4) is 11.3 Å². The minimum atomic E-state index is 0.0428. The fourth-order valence-corrected chi connectivity index (χ4v) is 4.29. The third-order valence-corrected chi connectivity index (χ3v) is 6.19. The van der Waals surface area contributed by atoms with Gasteiger partial charge >= 0.3 is 0 Å². The van der Waals surface area contributed by atoms with Gasteiger partial charge in [-0.1, -0.05) is 60.2 Å². The molecule has 0 atom stereocenters. The Hall–Kier alpha value is -3.67. The maximum absolute atomic E-state index is 12.7. The van der Waals surface area contributed by atoms with E-state index in [2.05, 4.69) is 64.6 Å². The van der Waals surface area contributed by atoms with E-state index in [9.17, 15) is 4.79 Å². The molecule has 1 fully saturated rings. The van der Waals surface area contributed by atoms with E-state index in [1.54, 1.807) is 6.20 Å². The van der Waals surface area contributed by atoms with Crippen molar-refractivity contribution in [2.45, 2.75) is 26.3 Å². The second-order valence-electron chi connectivity index (χ2n) is 8.44. The van der Waals surface area contributed by atoms with E-state index >= 15 is 0 Å². The number of benzene rings is 2. The molecule has 1 saturated heterocycles. The van der Waals surface area contributed by atoms with Gasteiger partial charge in [0.25, 0.3) is 0 Å². The Morgan fingerprint density at radius 2 is 1.81 bits per heavy atom. The number of anilines is 1. The molecule has 162 valence electrons. The van der Waals surface area contributed by atoms with Gasteiger partial charge in [0.15, 0.2) is 5.82 Å². The Labute approximate surface area is 187 Å². The number of hydrogen-bond acceptors (Lipinski definition) is 4. The maximum Gasteiger partial charge on any atom is 0.223 e. The largest absolute Gasteiger partial charge is 0.355 e. The normalized spacial score (nSPS) is 14.6. The fourth-order valence-electron chi connectivity index (χ4n) is 4.29. The Morgan fingerprint density at radius 1 is 1.06 bits per heavy atom. The first-order chi connectivity index (χ1) is 15.7. The van der Waals surface area contributed by atoms with E-state index in [-0.39, 0.29) is 11.8 Å². The monoisotopic (exact) mass is 425 g/mol. The lowest BCUT2D eigenvalue weighted by atomic mass is 9.95. The summed E-state index contributed by atoms with van der Waals surface area (Å²) in [6.45, 7) is 4.26. The summed E-state index contributed by atoms with van der Waals surface area (Å²) in [6.07, 6.45) is 5.32. The number of aryl methyl sites for hydroxylation is 1. The zero-order valence-corrected chi connectivity index (χ0v) is 18.2. The lowest BCUT2D eigenvalue weighted by Gasteiger charge is -2.32. The summed E-state index contributed by atoms with van der Waals surface area (Å²) in [4.78, 5) is 19.6. The highest BCUT2D eigenvalue weighted by Gasteiger charge is 2.26. The van der Waals surface area contributed by atoms with Crippen LogP contribution in [0.1, 0.15) is 24.0 Å². The molecule has 2 aromatic carbocycles. The highest BCUT2D eigenvalue weighted by Crippen LogP contribution is 2.28. The molecule has 1 aliphatic rings. The number of rotatable bonds is 5. The number of nitrogens with zero attached hydrogens (tertiary/aromatic N) is 4. The lowest BCUT2D eigenvalue weighted by molar-refractivity contribution is -0.125. The van der Waals surface area contributed by atoms with Crippen molar-refractivity contribution in [3.05, 3.63) is 84.2 Å². The number of aromatic nitrogens is 3. The molecule has 0 aliphatic carbocycles. The quantitative estimate of drug-likeness (QED) is 0.520. The molecule has 6 nitrogen and oxygen atoms in total. The Kier molecular flexibility index (Phi) is 5.58. The van der Waals surface area contributed by atoms with Crippen LogP contribution in [0.15, 0.2) is 73.1 Å². The molecule has 32 heavy (non-hydrogen) atoms. The number of fused-ring (bicyclic) bond motifs is 1. The molecule has 0 bridgehead atoms. The summed E-state index contributed by atoms with van der Waals surface area (Å²) in [5.41, 5.74) is 5.38. The highest BCUT2D eigenvalue weighted by atomic mass is 16.1. The summed E-state index contributed by atoms with van der Waals surface area (Å²) >= 11 is 0. The molecule has 6 heteroatoms. The molecule has 1 amide bonds. The second-order valence-corrected chi connectivity index (χ2v) is 8.44. The minimum Gasteiger partial charge on any atom is -0.355 e. The van der Waals surface area contributed by atoms with Crippen molar-refractivity contribution < 1.29 is 4.79 Å². The molecule has 0 radical (unpaired) electrons. The van der Waals surface area contributed by atoms with Gasteiger partial charge in [-0.15, -0.1) is 0 Å². The number of piperidine rings is 1. The molecule has 4 aromatic rings. The summed E-state index contributed by atoms with van der Waals surface area (Å²) in [7, 11) is 0. The second kappa shape index (κ2) is 8.83. The standard InChI is InChI=1S/C26H27N5O/c1-19-7-9-20(10-8-19)18-28-26(32)22-11-14-30(15-12-22)25-24-17-23(21-5-3-2-4-6-21)29-31(24)16-13-27-25/h2-10,13,16-17,22H,11-12,14-15,18H2,1H3,(H,28,32). The summed E-state index contributed by atoms with van der Waals surface area (Å²) in [6, 6.07) is 20.6. The molecule has 5 rings (SSSR count). The van der Waals surface area contributed by atoms with Crippen LogP contribution in [0.4, 0.5) is 5.82 Å². The Bertz CT molecular complexity index is 1210. The van der Waals surface area contributed by atoms with E-state index in [4.69, 9.17) is 5.10 Å². The Balaban J connectivity index is 1.24. The molecular weight excluding hydrogens is 398 g/mol. The van der Waals surface area contributed by atoms with Crippen LogP contribution in [-0.2, 0) is 11.3 Å².